The van der Waals surface area contributed by atoms with Crippen molar-refractivity contribution in [3.63, 3.8) is 0 Å². The van der Waals surface area contributed by atoms with Crippen molar-refractivity contribution in [2.24, 2.45) is 0 Å². The molecule has 0 aliphatic heterocycles. The van der Waals surface area contributed by atoms with Crippen LogP contribution >= 0.6 is 0 Å². The summed E-state index contributed by atoms with van der Waals surface area (Å²) in [6.45, 7) is 6.55. The van der Waals surface area contributed by atoms with Crippen molar-refractivity contribution >= 4 is 17.9 Å². The summed E-state index contributed by atoms with van der Waals surface area (Å²) in [5.41, 5.74) is 0. The first-order chi connectivity index (χ1) is 30.0. The number of unbranched alkanes of at least 4 members (excludes halogenated alkanes) is 40. The van der Waals surface area contributed by atoms with E-state index in [0.717, 1.165) is 57.8 Å². The summed E-state index contributed by atoms with van der Waals surface area (Å²) in [4.78, 5) is 37.4. The van der Waals surface area contributed by atoms with Crippen LogP contribution in [0.3, 0.4) is 0 Å². The van der Waals surface area contributed by atoms with Crippen LogP contribution < -0.4 is 0 Å². The summed E-state index contributed by atoms with van der Waals surface area (Å²) in [6, 6.07) is 0. The molecule has 0 radical (unpaired) electrons. The van der Waals surface area contributed by atoms with E-state index in [0.29, 0.717) is 19.3 Å². The summed E-state index contributed by atoms with van der Waals surface area (Å²) >= 11 is 0. The number of hydrogen-bond donors (Lipinski definition) is 0. The first kappa shape index (κ1) is 59.4. The van der Waals surface area contributed by atoms with Gasteiger partial charge >= 0.3 is 17.9 Å². The number of hydrogen-bond acceptors (Lipinski definition) is 6. The molecule has 0 aromatic carbocycles. The van der Waals surface area contributed by atoms with Gasteiger partial charge in [0, 0.05) is 19.3 Å². The molecular formula is C55H106O6. The van der Waals surface area contributed by atoms with Crippen molar-refractivity contribution in [3.05, 3.63) is 0 Å². The normalized spacial score (nSPS) is 11.9. The van der Waals surface area contributed by atoms with Gasteiger partial charge in [0.15, 0.2) is 6.10 Å². The van der Waals surface area contributed by atoms with Crippen LogP contribution in [0.4, 0.5) is 0 Å². The summed E-state index contributed by atoms with van der Waals surface area (Å²) in [5.74, 6) is -0.870. The molecule has 0 spiro atoms. The summed E-state index contributed by atoms with van der Waals surface area (Å²) in [5, 5.41) is 0. The molecule has 0 amide bonds. The molecule has 0 saturated heterocycles. The molecule has 0 bridgehead atoms. The van der Waals surface area contributed by atoms with Gasteiger partial charge in [-0.3, -0.25) is 14.4 Å². The molecule has 0 aliphatic rings. The zero-order chi connectivity index (χ0) is 44.4. The second-order valence-electron chi connectivity index (χ2n) is 18.9. The molecule has 362 valence electrons. The predicted octanol–water partition coefficient (Wildman–Crippen LogP) is 18.0. The molecule has 0 saturated carbocycles. The maximum atomic E-state index is 12.5. The van der Waals surface area contributed by atoms with Crippen LogP contribution in [0.25, 0.3) is 0 Å². The molecule has 1 unspecified atom stereocenters. The first-order valence-electron chi connectivity index (χ1n) is 27.5. The van der Waals surface area contributed by atoms with E-state index in [4.69, 9.17) is 14.2 Å². The molecule has 0 aliphatic carbocycles. The number of esters is 3. The van der Waals surface area contributed by atoms with Crippen molar-refractivity contribution < 1.29 is 28.6 Å². The monoisotopic (exact) mass is 863 g/mol. The van der Waals surface area contributed by atoms with Crippen LogP contribution in [-0.4, -0.2) is 37.2 Å². The standard InChI is InChI=1S/C55H106O6/c1-4-7-10-13-16-17-18-19-20-21-22-23-24-25-26-27-28-29-30-31-32-33-34-35-36-37-38-39-40-43-45-48-54(57)60-51-52(61-55(58)49-46-42-15-12-9-6-3)50-59-53(56)47-44-41-14-11-8-5-2/h52H,4-51H2,1-3H3. The fourth-order valence-corrected chi connectivity index (χ4v) is 8.45. The van der Waals surface area contributed by atoms with Gasteiger partial charge in [-0.05, 0) is 19.3 Å². The Balaban J connectivity index is 3.73. The third-order valence-corrected chi connectivity index (χ3v) is 12.6. The molecule has 0 fully saturated rings. The number of rotatable bonds is 51. The molecule has 6 heteroatoms. The molecule has 1 atom stereocenters. The molecular weight excluding hydrogens is 757 g/mol. The lowest BCUT2D eigenvalue weighted by Gasteiger charge is -2.18. The Bertz CT molecular complexity index is 905. The first-order valence-corrected chi connectivity index (χ1v) is 27.5. The fraction of sp³-hybridized carbons (Fsp3) is 0.945. The largest absolute Gasteiger partial charge is 0.462 e. The Morgan fingerprint density at radius 3 is 0.656 bits per heavy atom. The Hall–Kier alpha value is -1.59. The van der Waals surface area contributed by atoms with E-state index in [1.54, 1.807) is 0 Å². The number of carbonyl (C=O) groups excluding carboxylic acids is 3. The van der Waals surface area contributed by atoms with Gasteiger partial charge in [0.05, 0.1) is 0 Å². The fourth-order valence-electron chi connectivity index (χ4n) is 8.45. The van der Waals surface area contributed by atoms with E-state index >= 15 is 0 Å². The molecule has 0 rings (SSSR count). The van der Waals surface area contributed by atoms with E-state index in [1.807, 2.05) is 0 Å². The minimum absolute atomic E-state index is 0.0645. The predicted molar refractivity (Wildman–Crippen MR) is 261 cm³/mol. The van der Waals surface area contributed by atoms with Crippen molar-refractivity contribution in [1.82, 2.24) is 0 Å². The molecule has 6 nitrogen and oxygen atoms in total. The molecule has 0 N–H and O–H groups in total. The SMILES string of the molecule is CCCCCCCCCCCCCCCCCCCCCCCCCCCCCCCCCC(=O)OCC(COC(=O)CCCCCCCC)OC(=O)CCCCCCCC. The van der Waals surface area contributed by atoms with Crippen molar-refractivity contribution in [2.45, 2.75) is 322 Å². The molecule has 0 heterocycles. The second-order valence-corrected chi connectivity index (χ2v) is 18.9. The van der Waals surface area contributed by atoms with Gasteiger partial charge in [-0.2, -0.15) is 0 Å². The minimum atomic E-state index is -0.756. The zero-order valence-electron chi connectivity index (χ0n) is 41.5. The Kier molecular flexibility index (Phi) is 49.7. The Labute approximate surface area is 380 Å². The maximum Gasteiger partial charge on any atom is 0.306 e. The second kappa shape index (κ2) is 51.0. The van der Waals surface area contributed by atoms with Gasteiger partial charge in [-0.25, -0.2) is 0 Å². The summed E-state index contributed by atoms with van der Waals surface area (Å²) in [7, 11) is 0. The lowest BCUT2D eigenvalue weighted by Crippen LogP contribution is -2.30. The van der Waals surface area contributed by atoms with Crippen molar-refractivity contribution in [2.75, 3.05) is 13.2 Å². The quantitative estimate of drug-likeness (QED) is 0.0344. The van der Waals surface area contributed by atoms with E-state index in [-0.39, 0.29) is 31.1 Å². The molecule has 0 aromatic heterocycles. The lowest BCUT2D eigenvalue weighted by atomic mass is 10.0. The summed E-state index contributed by atoms with van der Waals surface area (Å²) in [6.07, 6.45) is 56.2. The van der Waals surface area contributed by atoms with Crippen LogP contribution in [0.5, 0.6) is 0 Å². The highest BCUT2D eigenvalue weighted by molar-refractivity contribution is 5.71. The summed E-state index contributed by atoms with van der Waals surface area (Å²) < 4.78 is 16.6. The molecule has 0 aromatic rings. The van der Waals surface area contributed by atoms with Crippen molar-refractivity contribution in [1.29, 1.82) is 0 Å². The van der Waals surface area contributed by atoms with E-state index in [9.17, 15) is 14.4 Å². The average Bonchev–Trinajstić information content (AvgIpc) is 3.26. The minimum Gasteiger partial charge on any atom is -0.462 e. The number of ether oxygens (including phenoxy) is 3. The smallest absolute Gasteiger partial charge is 0.306 e. The zero-order valence-corrected chi connectivity index (χ0v) is 41.5. The van der Waals surface area contributed by atoms with Crippen LogP contribution in [0.2, 0.25) is 0 Å². The average molecular weight is 863 g/mol. The van der Waals surface area contributed by atoms with Crippen LogP contribution in [0, 0.1) is 0 Å². The Morgan fingerprint density at radius 1 is 0.262 bits per heavy atom. The third-order valence-electron chi connectivity index (χ3n) is 12.6. The van der Waals surface area contributed by atoms with Gasteiger partial charge in [-0.1, -0.05) is 278 Å². The van der Waals surface area contributed by atoms with Crippen LogP contribution in [-0.2, 0) is 28.6 Å². The van der Waals surface area contributed by atoms with Gasteiger partial charge in [-0.15, -0.1) is 0 Å². The van der Waals surface area contributed by atoms with Gasteiger partial charge in [0.25, 0.3) is 0 Å². The van der Waals surface area contributed by atoms with Gasteiger partial charge < -0.3 is 14.2 Å². The van der Waals surface area contributed by atoms with E-state index in [2.05, 4.69) is 20.8 Å². The Morgan fingerprint density at radius 2 is 0.443 bits per heavy atom. The highest BCUT2D eigenvalue weighted by Gasteiger charge is 2.19. The van der Waals surface area contributed by atoms with Crippen LogP contribution in [0.15, 0.2) is 0 Å². The third kappa shape index (κ3) is 49.3. The van der Waals surface area contributed by atoms with Crippen LogP contribution in [0.1, 0.15) is 316 Å². The lowest BCUT2D eigenvalue weighted by molar-refractivity contribution is -0.167. The maximum absolute atomic E-state index is 12.5. The van der Waals surface area contributed by atoms with E-state index < -0.39 is 6.10 Å². The highest BCUT2D eigenvalue weighted by atomic mass is 16.6. The van der Waals surface area contributed by atoms with E-state index in [1.165, 1.54) is 218 Å². The van der Waals surface area contributed by atoms with Crippen molar-refractivity contribution in [3.8, 4) is 0 Å². The van der Waals surface area contributed by atoms with Gasteiger partial charge in [0.1, 0.15) is 13.2 Å². The number of carbonyl (C=O) groups is 3. The molecule has 61 heavy (non-hydrogen) atoms. The highest BCUT2D eigenvalue weighted by Crippen LogP contribution is 2.18. The topological polar surface area (TPSA) is 78.9 Å². The van der Waals surface area contributed by atoms with Gasteiger partial charge in [0.2, 0.25) is 0 Å².